The summed E-state index contributed by atoms with van der Waals surface area (Å²) < 4.78 is 18.3. The zero-order chi connectivity index (χ0) is 30.0. The average Bonchev–Trinajstić information content (AvgIpc) is 3.47. The lowest BCUT2D eigenvalue weighted by atomic mass is 9.98. The summed E-state index contributed by atoms with van der Waals surface area (Å²) in [6.45, 7) is 7.55. The molecule has 1 aromatic heterocycles. The van der Waals surface area contributed by atoms with Gasteiger partial charge in [-0.05, 0) is 61.6 Å². The van der Waals surface area contributed by atoms with Gasteiger partial charge in [-0.2, -0.15) is 0 Å². The molecule has 9 heteroatoms. The molecule has 0 bridgehead atoms. The summed E-state index contributed by atoms with van der Waals surface area (Å²) in [4.78, 5) is 38.3. The number of amides is 1. The number of hydrogen-bond donors (Lipinski definition) is 2. The van der Waals surface area contributed by atoms with E-state index in [9.17, 15) is 19.5 Å². The van der Waals surface area contributed by atoms with E-state index >= 15 is 0 Å². The molecule has 0 unspecified atom stereocenters. The Morgan fingerprint density at radius 3 is 2.19 bits per heavy atom. The number of fused-ring (bicyclic) bond motifs is 4. The Labute approximate surface area is 244 Å². The molecule has 1 amide bonds. The third-order valence-electron chi connectivity index (χ3n) is 7.12. The number of nitrogens with zero attached hydrogens (tertiary/aromatic N) is 1. The molecule has 5 rings (SSSR count). The van der Waals surface area contributed by atoms with E-state index in [4.69, 9.17) is 14.2 Å². The van der Waals surface area contributed by atoms with Crippen LogP contribution in [0.25, 0.3) is 22.0 Å². The van der Waals surface area contributed by atoms with Crippen LogP contribution in [0.15, 0.2) is 72.9 Å². The van der Waals surface area contributed by atoms with Crippen molar-refractivity contribution in [1.82, 2.24) is 9.88 Å². The molecular formula is C33H34N2O7. The van der Waals surface area contributed by atoms with Crippen molar-refractivity contribution in [2.45, 2.75) is 51.7 Å². The van der Waals surface area contributed by atoms with Crippen LogP contribution < -0.4 is 10.1 Å². The minimum atomic E-state index is -1.31. The lowest BCUT2D eigenvalue weighted by molar-refractivity contribution is -0.139. The number of alkyl carbamates (subject to hydrolysis) is 1. The van der Waals surface area contributed by atoms with E-state index in [2.05, 4.69) is 5.32 Å². The van der Waals surface area contributed by atoms with Gasteiger partial charge < -0.3 is 24.6 Å². The molecule has 2 N–H and O–H groups in total. The molecule has 9 nitrogen and oxygen atoms in total. The summed E-state index contributed by atoms with van der Waals surface area (Å²) in [7, 11) is 0. The van der Waals surface area contributed by atoms with Gasteiger partial charge in [0.15, 0.2) is 0 Å². The topological polar surface area (TPSA) is 116 Å². The standard InChI is InChI=1S/C33H34N2O7/c1-5-40-28-16-10-15-21-20(18-35(29(21)28)32(39)42-33(2,3)4)17-27(30(36)37)34-31(38)41-19-26-24-13-8-6-11-22(24)23-12-7-9-14-25(23)26/h6-16,18,26-27H,5,17,19H2,1-4H3,(H,34,38)(H,36,37)/t27-/m0/s1. The molecule has 1 aliphatic carbocycles. The van der Waals surface area contributed by atoms with Crippen molar-refractivity contribution < 1.29 is 33.7 Å². The van der Waals surface area contributed by atoms with Crippen LogP contribution in [0.2, 0.25) is 0 Å². The fourth-order valence-electron chi connectivity index (χ4n) is 5.41. The van der Waals surface area contributed by atoms with E-state index in [-0.39, 0.29) is 18.9 Å². The third-order valence-corrected chi connectivity index (χ3v) is 7.12. The second-order valence-corrected chi connectivity index (χ2v) is 11.2. The summed E-state index contributed by atoms with van der Waals surface area (Å²) in [5, 5.41) is 13.1. The molecule has 1 atom stereocenters. The van der Waals surface area contributed by atoms with Gasteiger partial charge in [0.1, 0.15) is 29.5 Å². The Morgan fingerprint density at radius 2 is 1.60 bits per heavy atom. The summed E-state index contributed by atoms with van der Waals surface area (Å²) in [6.07, 6.45) is -0.0183. The van der Waals surface area contributed by atoms with Crippen LogP contribution in [0.5, 0.6) is 5.75 Å². The lowest BCUT2D eigenvalue weighted by Gasteiger charge is -2.20. The number of aromatic nitrogens is 1. The highest BCUT2D eigenvalue weighted by atomic mass is 16.6. The normalized spacial score (nSPS) is 13.2. The highest BCUT2D eigenvalue weighted by Gasteiger charge is 2.31. The lowest BCUT2D eigenvalue weighted by Crippen LogP contribution is -2.42. The van der Waals surface area contributed by atoms with Crippen LogP contribution in [0.4, 0.5) is 9.59 Å². The Morgan fingerprint density at radius 1 is 0.952 bits per heavy atom. The first-order chi connectivity index (χ1) is 20.1. The first kappa shape index (κ1) is 28.7. The fraction of sp³-hybridized carbons (Fsp3) is 0.303. The molecule has 0 fully saturated rings. The Balaban J connectivity index is 1.36. The first-order valence-electron chi connectivity index (χ1n) is 13.9. The van der Waals surface area contributed by atoms with Crippen molar-refractivity contribution in [2.24, 2.45) is 0 Å². The number of carboxylic acids is 1. The van der Waals surface area contributed by atoms with E-state index < -0.39 is 29.8 Å². The van der Waals surface area contributed by atoms with Gasteiger partial charge in [-0.15, -0.1) is 0 Å². The number of carbonyl (C=O) groups excluding carboxylic acids is 2. The highest BCUT2D eigenvalue weighted by Crippen LogP contribution is 2.44. The van der Waals surface area contributed by atoms with Gasteiger partial charge in [0.2, 0.25) is 0 Å². The molecule has 0 saturated carbocycles. The number of carboxylic acid groups (broad SMARTS) is 1. The average molecular weight is 571 g/mol. The maximum absolute atomic E-state index is 13.1. The quantitative estimate of drug-likeness (QED) is 0.253. The van der Waals surface area contributed by atoms with E-state index in [1.165, 1.54) is 10.8 Å². The van der Waals surface area contributed by atoms with E-state index in [0.717, 1.165) is 22.3 Å². The highest BCUT2D eigenvalue weighted by molar-refractivity contribution is 5.96. The summed E-state index contributed by atoms with van der Waals surface area (Å²) in [5.74, 6) is -0.929. The number of carbonyl (C=O) groups is 3. The van der Waals surface area contributed by atoms with Gasteiger partial charge in [-0.3, -0.25) is 0 Å². The largest absolute Gasteiger partial charge is 0.492 e. The Hall–Kier alpha value is -4.79. The second kappa shape index (κ2) is 11.6. The molecule has 1 heterocycles. The minimum Gasteiger partial charge on any atom is -0.492 e. The van der Waals surface area contributed by atoms with Crippen LogP contribution >= 0.6 is 0 Å². The molecule has 4 aromatic rings. The molecule has 0 aliphatic heterocycles. The molecule has 0 radical (unpaired) electrons. The number of para-hydroxylation sites is 1. The maximum atomic E-state index is 13.1. The predicted octanol–water partition coefficient (Wildman–Crippen LogP) is 6.36. The minimum absolute atomic E-state index is 0.0574. The predicted molar refractivity (Wildman–Crippen MR) is 158 cm³/mol. The molecule has 3 aromatic carbocycles. The van der Waals surface area contributed by atoms with Crippen LogP contribution in [0, 0.1) is 0 Å². The van der Waals surface area contributed by atoms with Crippen LogP contribution in [0.3, 0.4) is 0 Å². The second-order valence-electron chi connectivity index (χ2n) is 11.2. The summed E-state index contributed by atoms with van der Waals surface area (Å²) in [6, 6.07) is 19.9. The molecule has 218 valence electrons. The molecular weight excluding hydrogens is 536 g/mol. The monoisotopic (exact) mass is 570 g/mol. The van der Waals surface area contributed by atoms with Crippen molar-refractivity contribution in [1.29, 1.82) is 0 Å². The number of hydrogen-bond acceptors (Lipinski definition) is 6. The Kier molecular flexibility index (Phi) is 7.93. The van der Waals surface area contributed by atoms with Gasteiger partial charge >= 0.3 is 18.2 Å². The van der Waals surface area contributed by atoms with Gasteiger partial charge in [-0.25, -0.2) is 19.0 Å². The third kappa shape index (κ3) is 5.81. The van der Waals surface area contributed by atoms with Crippen LogP contribution in [0.1, 0.15) is 50.3 Å². The summed E-state index contributed by atoms with van der Waals surface area (Å²) in [5.41, 5.74) is 4.56. The Bertz CT molecular complexity index is 1600. The number of aliphatic carboxylic acids is 1. The van der Waals surface area contributed by atoms with E-state index in [1.807, 2.05) is 55.5 Å². The number of ether oxygens (including phenoxy) is 3. The zero-order valence-corrected chi connectivity index (χ0v) is 24.0. The first-order valence-corrected chi connectivity index (χ1v) is 13.9. The molecule has 0 spiro atoms. The number of nitrogens with one attached hydrogen (secondary N) is 1. The number of rotatable bonds is 8. The number of benzene rings is 3. The van der Waals surface area contributed by atoms with Crippen molar-refractivity contribution in [3.05, 3.63) is 89.6 Å². The fourth-order valence-corrected chi connectivity index (χ4v) is 5.41. The van der Waals surface area contributed by atoms with Crippen molar-refractivity contribution in [2.75, 3.05) is 13.2 Å². The zero-order valence-electron chi connectivity index (χ0n) is 24.0. The maximum Gasteiger partial charge on any atom is 0.419 e. The van der Waals surface area contributed by atoms with E-state index in [1.54, 1.807) is 39.0 Å². The summed E-state index contributed by atoms with van der Waals surface area (Å²) >= 11 is 0. The van der Waals surface area contributed by atoms with Crippen molar-refractivity contribution in [3.8, 4) is 16.9 Å². The molecule has 0 saturated heterocycles. The van der Waals surface area contributed by atoms with Gasteiger partial charge in [0, 0.05) is 23.9 Å². The van der Waals surface area contributed by atoms with Gasteiger partial charge in [-0.1, -0.05) is 60.7 Å². The molecule has 42 heavy (non-hydrogen) atoms. The van der Waals surface area contributed by atoms with Crippen LogP contribution in [-0.4, -0.2) is 52.7 Å². The molecule has 1 aliphatic rings. The smallest absolute Gasteiger partial charge is 0.419 e. The SMILES string of the molecule is CCOc1cccc2c(C[C@H](NC(=O)OCC3c4ccccc4-c4ccccc43)C(=O)O)cn(C(=O)OC(C)(C)C)c12. The van der Waals surface area contributed by atoms with Crippen LogP contribution in [-0.2, 0) is 20.7 Å². The van der Waals surface area contributed by atoms with E-state index in [0.29, 0.717) is 28.8 Å². The van der Waals surface area contributed by atoms with Crippen molar-refractivity contribution in [3.63, 3.8) is 0 Å². The van der Waals surface area contributed by atoms with Crippen molar-refractivity contribution >= 4 is 29.1 Å². The van der Waals surface area contributed by atoms with Gasteiger partial charge in [0.25, 0.3) is 0 Å². The van der Waals surface area contributed by atoms with Gasteiger partial charge in [0.05, 0.1) is 6.61 Å².